The Morgan fingerprint density at radius 1 is 1.24 bits per heavy atom. The highest BCUT2D eigenvalue weighted by Gasteiger charge is 2.54. The van der Waals surface area contributed by atoms with Crippen molar-refractivity contribution < 1.29 is 26.7 Å². The van der Waals surface area contributed by atoms with Gasteiger partial charge in [-0.3, -0.25) is 4.98 Å². The molecule has 3 heterocycles. The highest BCUT2D eigenvalue weighted by Crippen LogP contribution is 2.47. The van der Waals surface area contributed by atoms with E-state index in [1.807, 2.05) is 0 Å². The summed E-state index contributed by atoms with van der Waals surface area (Å²) in [6.07, 6.45) is -2.78. The van der Waals surface area contributed by atoms with Crippen LogP contribution in [-0.4, -0.2) is 29.0 Å². The molecule has 0 aromatic carbocycles. The molecule has 0 saturated carbocycles. The molecule has 2 aliphatic heterocycles. The topological polar surface area (TPSA) is 67.3 Å². The summed E-state index contributed by atoms with van der Waals surface area (Å²) < 4.78 is 62.2. The summed E-state index contributed by atoms with van der Waals surface area (Å²) in [6, 6.07) is 1.65. The van der Waals surface area contributed by atoms with Gasteiger partial charge in [0.1, 0.15) is 5.60 Å². The molecule has 1 aromatic rings. The van der Waals surface area contributed by atoms with Crippen molar-refractivity contribution in [2.24, 2.45) is 0 Å². The molecule has 1 N–H and O–H groups in total. The minimum absolute atomic E-state index is 0.0832. The van der Waals surface area contributed by atoms with Crippen LogP contribution in [0.5, 0.6) is 0 Å². The normalized spacial score (nSPS) is 34.9. The Labute approximate surface area is 119 Å². The molecule has 2 atom stereocenters. The first kappa shape index (κ1) is 14.8. The van der Waals surface area contributed by atoms with E-state index in [1.165, 1.54) is 0 Å². The predicted molar refractivity (Wildman–Crippen MR) is 68.1 cm³/mol. The van der Waals surface area contributed by atoms with E-state index in [1.54, 1.807) is 0 Å². The summed E-state index contributed by atoms with van der Waals surface area (Å²) in [7, 11) is -3.26. The molecular weight excluding hydrogens is 307 g/mol. The van der Waals surface area contributed by atoms with Crippen molar-refractivity contribution in [3.8, 4) is 0 Å². The lowest BCUT2D eigenvalue weighted by Crippen LogP contribution is -2.43. The van der Waals surface area contributed by atoms with Crippen molar-refractivity contribution >= 4 is 9.84 Å². The molecule has 21 heavy (non-hydrogen) atoms. The van der Waals surface area contributed by atoms with E-state index >= 15 is 0 Å². The van der Waals surface area contributed by atoms with Gasteiger partial charge in [-0.15, -0.1) is 0 Å². The number of aromatic nitrogens is 1. The Kier molecular flexibility index (Phi) is 3.11. The minimum Gasteiger partial charge on any atom is -0.383 e. The lowest BCUT2D eigenvalue weighted by Gasteiger charge is -2.35. The summed E-state index contributed by atoms with van der Waals surface area (Å²) >= 11 is 0. The number of sulfone groups is 1. The van der Waals surface area contributed by atoms with Crippen molar-refractivity contribution in [3.63, 3.8) is 0 Å². The molecule has 8 heteroatoms. The van der Waals surface area contributed by atoms with Crippen molar-refractivity contribution in [2.75, 3.05) is 0 Å². The molecule has 1 aromatic heterocycles. The average Bonchev–Trinajstić information content (AvgIpc) is 2.58. The van der Waals surface area contributed by atoms with Crippen LogP contribution in [-0.2, 0) is 21.6 Å². The number of nitrogens with zero attached hydrogens (tertiary/aromatic N) is 1. The number of aliphatic hydroxyl groups is 1. The molecular formula is C13H14F3NO3S. The van der Waals surface area contributed by atoms with Crippen LogP contribution in [0.25, 0.3) is 0 Å². The van der Waals surface area contributed by atoms with E-state index in [9.17, 15) is 26.7 Å². The van der Waals surface area contributed by atoms with Gasteiger partial charge in [0.25, 0.3) is 0 Å². The summed E-state index contributed by atoms with van der Waals surface area (Å²) in [6.45, 7) is 0. The van der Waals surface area contributed by atoms with Crippen LogP contribution in [0.4, 0.5) is 13.2 Å². The molecule has 2 saturated heterocycles. The summed E-state index contributed by atoms with van der Waals surface area (Å²) in [5.41, 5.74) is -2.58. The maximum atomic E-state index is 12.7. The maximum Gasteiger partial charge on any atom is 0.416 e. The molecule has 3 rings (SSSR count). The highest BCUT2D eigenvalue weighted by atomic mass is 32.2. The second-order valence-corrected chi connectivity index (χ2v) is 8.29. The van der Waals surface area contributed by atoms with Crippen LogP contribution in [0.3, 0.4) is 0 Å². The molecule has 2 aliphatic rings. The number of hydrogen-bond donors (Lipinski definition) is 1. The molecule has 2 bridgehead atoms. The average molecular weight is 321 g/mol. The van der Waals surface area contributed by atoms with Gasteiger partial charge in [-0.25, -0.2) is 8.42 Å². The Hall–Kier alpha value is -1.15. The van der Waals surface area contributed by atoms with Crippen LogP contribution in [0.1, 0.15) is 36.9 Å². The van der Waals surface area contributed by atoms with Gasteiger partial charge in [0.2, 0.25) is 0 Å². The molecule has 0 radical (unpaired) electrons. The van der Waals surface area contributed by atoms with Crippen molar-refractivity contribution in [2.45, 2.75) is 48.0 Å². The smallest absolute Gasteiger partial charge is 0.383 e. The third kappa shape index (κ3) is 2.34. The zero-order valence-electron chi connectivity index (χ0n) is 11.0. The fourth-order valence-corrected chi connectivity index (χ4v) is 5.81. The quantitative estimate of drug-likeness (QED) is 0.859. The molecule has 2 fully saturated rings. The molecule has 0 spiro atoms. The Morgan fingerprint density at radius 2 is 1.81 bits per heavy atom. The van der Waals surface area contributed by atoms with Gasteiger partial charge in [-0.05, 0) is 37.8 Å². The predicted octanol–water partition coefficient (Wildman–Crippen LogP) is 2.03. The van der Waals surface area contributed by atoms with Crippen LogP contribution in [0.2, 0.25) is 0 Å². The second kappa shape index (κ2) is 4.42. The fourth-order valence-electron chi connectivity index (χ4n) is 3.32. The third-order valence-electron chi connectivity index (χ3n) is 4.43. The van der Waals surface area contributed by atoms with Gasteiger partial charge >= 0.3 is 6.18 Å². The summed E-state index contributed by atoms with van der Waals surface area (Å²) in [5, 5.41) is 9.29. The first-order valence-corrected chi connectivity index (χ1v) is 8.23. The SMILES string of the molecule is O=S1(=O)C2CCC1CC(O)(c1cc(C(F)(F)F)ccn1)C2. The van der Waals surface area contributed by atoms with Gasteiger partial charge in [0.05, 0.1) is 21.8 Å². The monoisotopic (exact) mass is 321 g/mol. The number of halogens is 3. The van der Waals surface area contributed by atoms with Gasteiger partial charge in [-0.1, -0.05) is 0 Å². The largest absolute Gasteiger partial charge is 0.416 e. The van der Waals surface area contributed by atoms with E-state index in [4.69, 9.17) is 0 Å². The number of fused-ring (bicyclic) bond motifs is 2. The Morgan fingerprint density at radius 3 is 2.33 bits per heavy atom. The number of hydrogen-bond acceptors (Lipinski definition) is 4. The first-order valence-electron chi connectivity index (χ1n) is 6.62. The first-order chi connectivity index (χ1) is 9.63. The Bertz CT molecular complexity index is 651. The van der Waals surface area contributed by atoms with E-state index in [0.29, 0.717) is 12.8 Å². The van der Waals surface area contributed by atoms with Gasteiger partial charge in [-0.2, -0.15) is 13.2 Å². The van der Waals surface area contributed by atoms with Crippen molar-refractivity contribution in [1.82, 2.24) is 4.98 Å². The lowest BCUT2D eigenvalue weighted by atomic mass is 9.89. The number of rotatable bonds is 1. The van der Waals surface area contributed by atoms with Gasteiger partial charge in [0, 0.05) is 6.20 Å². The van der Waals surface area contributed by atoms with Crippen LogP contribution < -0.4 is 0 Å². The molecule has 116 valence electrons. The third-order valence-corrected chi connectivity index (χ3v) is 7.10. The zero-order valence-corrected chi connectivity index (χ0v) is 11.8. The van der Waals surface area contributed by atoms with E-state index in [-0.39, 0.29) is 18.5 Å². The van der Waals surface area contributed by atoms with Gasteiger partial charge in [0.15, 0.2) is 9.84 Å². The maximum absolute atomic E-state index is 12.7. The molecule has 0 aliphatic carbocycles. The fraction of sp³-hybridized carbons (Fsp3) is 0.615. The second-order valence-electron chi connectivity index (χ2n) is 5.78. The zero-order chi connectivity index (χ0) is 15.5. The lowest BCUT2D eigenvalue weighted by molar-refractivity contribution is -0.137. The number of pyridine rings is 1. The highest BCUT2D eigenvalue weighted by molar-refractivity contribution is 7.93. The van der Waals surface area contributed by atoms with Gasteiger partial charge < -0.3 is 5.11 Å². The van der Waals surface area contributed by atoms with E-state index < -0.39 is 37.7 Å². The number of alkyl halides is 3. The molecule has 2 unspecified atom stereocenters. The van der Waals surface area contributed by atoms with Crippen LogP contribution >= 0.6 is 0 Å². The van der Waals surface area contributed by atoms with Crippen LogP contribution in [0.15, 0.2) is 18.3 Å². The van der Waals surface area contributed by atoms with Crippen molar-refractivity contribution in [1.29, 1.82) is 0 Å². The van der Waals surface area contributed by atoms with Crippen molar-refractivity contribution in [3.05, 3.63) is 29.6 Å². The van der Waals surface area contributed by atoms with E-state index in [2.05, 4.69) is 4.98 Å². The summed E-state index contributed by atoms with van der Waals surface area (Å²) in [5.74, 6) is 0. The minimum atomic E-state index is -4.52. The molecule has 4 nitrogen and oxygen atoms in total. The van der Waals surface area contributed by atoms with Crippen LogP contribution in [0, 0.1) is 0 Å². The Balaban J connectivity index is 1.98. The summed E-state index contributed by atoms with van der Waals surface area (Å²) in [4.78, 5) is 3.85. The van der Waals surface area contributed by atoms with E-state index in [0.717, 1.165) is 18.3 Å². The standard InChI is InChI=1S/C13H14F3NO3S/c14-13(15,16)8-3-4-17-11(5-8)12(18)6-9-1-2-10(7-12)21(9,19)20/h3-5,9-10,18H,1-2,6-7H2. The molecule has 0 amide bonds.